The fourth-order valence-electron chi connectivity index (χ4n) is 2.20. The Morgan fingerprint density at radius 2 is 1.75 bits per heavy atom. The van der Waals surface area contributed by atoms with Crippen LogP contribution in [0.5, 0.6) is 0 Å². The van der Waals surface area contributed by atoms with Gasteiger partial charge in [0.2, 0.25) is 0 Å². The fraction of sp³-hybridized carbons (Fsp3) is 0.250. The predicted molar refractivity (Wildman–Crippen MR) is 88.0 cm³/mol. The Hall–Kier alpha value is -0.730. The van der Waals surface area contributed by atoms with Crippen LogP contribution in [0, 0.1) is 0 Å². The van der Waals surface area contributed by atoms with Crippen molar-refractivity contribution in [2.75, 3.05) is 6.54 Å². The zero-order valence-electron chi connectivity index (χ0n) is 11.2. The van der Waals surface area contributed by atoms with E-state index in [1.165, 1.54) is 0 Å². The Labute approximate surface area is 134 Å². The van der Waals surface area contributed by atoms with Crippen LogP contribution in [0.25, 0.3) is 0 Å². The highest BCUT2D eigenvalue weighted by Gasteiger charge is 2.15. The first-order valence-electron chi connectivity index (χ1n) is 6.53. The maximum absolute atomic E-state index is 6.29. The van der Waals surface area contributed by atoms with Gasteiger partial charge in [-0.05, 0) is 42.3 Å². The third-order valence-corrected chi connectivity index (χ3v) is 4.10. The molecule has 2 rings (SSSR count). The summed E-state index contributed by atoms with van der Waals surface area (Å²) in [5, 5.41) is 5.56. The zero-order valence-corrected chi connectivity index (χ0v) is 13.4. The van der Waals surface area contributed by atoms with Gasteiger partial charge in [-0.2, -0.15) is 0 Å². The molecule has 106 valence electrons. The van der Waals surface area contributed by atoms with Crippen LogP contribution in [0.15, 0.2) is 42.5 Å². The molecular formula is C16H16Cl3N. The summed E-state index contributed by atoms with van der Waals surface area (Å²) in [5.41, 5.74) is 2.14. The molecule has 20 heavy (non-hydrogen) atoms. The summed E-state index contributed by atoms with van der Waals surface area (Å²) in [4.78, 5) is 0. The summed E-state index contributed by atoms with van der Waals surface area (Å²) in [6.45, 7) is 2.94. The molecule has 1 N–H and O–H groups in total. The molecule has 0 aliphatic rings. The second-order valence-electron chi connectivity index (χ2n) is 4.57. The largest absolute Gasteiger partial charge is 0.310 e. The molecule has 0 heterocycles. The molecule has 0 aromatic heterocycles. The molecule has 0 amide bonds. The fourth-order valence-corrected chi connectivity index (χ4v) is 2.96. The van der Waals surface area contributed by atoms with Gasteiger partial charge >= 0.3 is 0 Å². The normalized spacial score (nSPS) is 12.4. The second kappa shape index (κ2) is 7.33. The lowest BCUT2D eigenvalue weighted by Gasteiger charge is -2.20. The Balaban J connectivity index is 2.28. The minimum atomic E-state index is 0.132. The van der Waals surface area contributed by atoms with Crippen molar-refractivity contribution in [2.45, 2.75) is 19.4 Å². The summed E-state index contributed by atoms with van der Waals surface area (Å²) in [6, 6.07) is 13.6. The Bertz CT molecular complexity index is 584. The third kappa shape index (κ3) is 3.89. The van der Waals surface area contributed by atoms with Gasteiger partial charge in [-0.3, -0.25) is 0 Å². The number of hydrogen-bond donors (Lipinski definition) is 1. The van der Waals surface area contributed by atoms with Gasteiger partial charge < -0.3 is 5.32 Å². The molecule has 1 nitrogen and oxygen atoms in total. The van der Waals surface area contributed by atoms with E-state index in [4.69, 9.17) is 34.8 Å². The van der Waals surface area contributed by atoms with Gasteiger partial charge in [0.1, 0.15) is 0 Å². The number of rotatable bonds is 5. The van der Waals surface area contributed by atoms with Crippen LogP contribution in [-0.2, 0) is 6.42 Å². The van der Waals surface area contributed by atoms with Crippen LogP contribution in [0.4, 0.5) is 0 Å². The smallest absolute Gasteiger partial charge is 0.0453 e. The van der Waals surface area contributed by atoms with Crippen LogP contribution in [0.1, 0.15) is 24.1 Å². The number of likely N-dealkylation sites (N-methyl/N-ethyl adjacent to an activating group) is 1. The molecule has 2 aromatic carbocycles. The lowest BCUT2D eigenvalue weighted by molar-refractivity contribution is 0.550. The molecule has 2 aromatic rings. The molecule has 0 saturated heterocycles. The maximum atomic E-state index is 6.29. The minimum absolute atomic E-state index is 0.132. The van der Waals surface area contributed by atoms with E-state index in [2.05, 4.69) is 12.2 Å². The molecule has 0 aliphatic carbocycles. The maximum Gasteiger partial charge on any atom is 0.0453 e. The van der Waals surface area contributed by atoms with Crippen molar-refractivity contribution in [1.29, 1.82) is 0 Å². The first-order valence-corrected chi connectivity index (χ1v) is 7.67. The van der Waals surface area contributed by atoms with E-state index in [1.54, 1.807) is 6.07 Å². The van der Waals surface area contributed by atoms with Gasteiger partial charge in [0.15, 0.2) is 0 Å². The molecule has 4 heteroatoms. The Morgan fingerprint density at radius 3 is 2.40 bits per heavy atom. The molecular weight excluding hydrogens is 313 g/mol. The van der Waals surface area contributed by atoms with Crippen LogP contribution in [0.2, 0.25) is 15.1 Å². The van der Waals surface area contributed by atoms with E-state index in [0.29, 0.717) is 10.0 Å². The van der Waals surface area contributed by atoms with Crippen LogP contribution >= 0.6 is 34.8 Å². The quantitative estimate of drug-likeness (QED) is 0.760. The predicted octanol–water partition coefficient (Wildman–Crippen LogP) is 5.54. The van der Waals surface area contributed by atoms with Crippen molar-refractivity contribution in [3.8, 4) is 0 Å². The first kappa shape index (κ1) is 15.7. The van der Waals surface area contributed by atoms with Gasteiger partial charge in [-0.15, -0.1) is 0 Å². The summed E-state index contributed by atoms with van der Waals surface area (Å²) < 4.78 is 0. The molecule has 0 bridgehead atoms. The highest BCUT2D eigenvalue weighted by atomic mass is 35.5. The van der Waals surface area contributed by atoms with Crippen molar-refractivity contribution in [3.05, 3.63) is 68.7 Å². The third-order valence-electron chi connectivity index (χ3n) is 3.17. The van der Waals surface area contributed by atoms with Crippen molar-refractivity contribution >= 4 is 34.8 Å². The molecule has 0 fully saturated rings. The number of benzene rings is 2. The van der Waals surface area contributed by atoms with Crippen molar-refractivity contribution in [1.82, 2.24) is 5.32 Å². The number of halogens is 3. The van der Waals surface area contributed by atoms with Crippen molar-refractivity contribution in [3.63, 3.8) is 0 Å². The molecule has 1 atom stereocenters. The first-order chi connectivity index (χ1) is 9.61. The molecule has 0 radical (unpaired) electrons. The van der Waals surface area contributed by atoms with E-state index in [0.717, 1.165) is 29.1 Å². The van der Waals surface area contributed by atoms with Gasteiger partial charge in [-0.1, -0.05) is 66.0 Å². The monoisotopic (exact) mass is 327 g/mol. The molecule has 1 unspecified atom stereocenters. The summed E-state index contributed by atoms with van der Waals surface area (Å²) in [7, 11) is 0. The van der Waals surface area contributed by atoms with Crippen LogP contribution < -0.4 is 5.32 Å². The van der Waals surface area contributed by atoms with Crippen LogP contribution in [-0.4, -0.2) is 6.54 Å². The van der Waals surface area contributed by atoms with E-state index in [1.807, 2.05) is 36.4 Å². The SMILES string of the molecule is CCNC(Cc1ccc(Cl)cc1Cl)c1ccccc1Cl. The van der Waals surface area contributed by atoms with Gasteiger partial charge in [0.25, 0.3) is 0 Å². The van der Waals surface area contributed by atoms with Crippen molar-refractivity contribution in [2.24, 2.45) is 0 Å². The lowest BCUT2D eigenvalue weighted by Crippen LogP contribution is -2.23. The van der Waals surface area contributed by atoms with E-state index in [-0.39, 0.29) is 6.04 Å². The van der Waals surface area contributed by atoms with E-state index in [9.17, 15) is 0 Å². The summed E-state index contributed by atoms with van der Waals surface area (Å²) >= 11 is 18.5. The summed E-state index contributed by atoms with van der Waals surface area (Å²) in [6.07, 6.45) is 0.771. The number of hydrogen-bond acceptors (Lipinski definition) is 1. The minimum Gasteiger partial charge on any atom is -0.310 e. The zero-order chi connectivity index (χ0) is 14.5. The summed E-state index contributed by atoms with van der Waals surface area (Å²) in [5.74, 6) is 0. The highest BCUT2D eigenvalue weighted by Crippen LogP contribution is 2.29. The van der Waals surface area contributed by atoms with Gasteiger partial charge in [0.05, 0.1) is 0 Å². The van der Waals surface area contributed by atoms with E-state index >= 15 is 0 Å². The Kier molecular flexibility index (Phi) is 5.74. The van der Waals surface area contributed by atoms with Gasteiger partial charge in [0, 0.05) is 21.1 Å². The number of nitrogens with one attached hydrogen (secondary N) is 1. The average Bonchev–Trinajstić information content (AvgIpc) is 2.42. The van der Waals surface area contributed by atoms with Crippen LogP contribution in [0.3, 0.4) is 0 Å². The molecule has 0 aliphatic heterocycles. The molecule has 0 spiro atoms. The standard InChI is InChI=1S/C16H16Cl3N/c1-2-20-16(13-5-3-4-6-14(13)18)9-11-7-8-12(17)10-15(11)19/h3-8,10,16,20H,2,9H2,1H3. The lowest BCUT2D eigenvalue weighted by atomic mass is 9.98. The molecule has 0 saturated carbocycles. The van der Waals surface area contributed by atoms with E-state index < -0.39 is 0 Å². The second-order valence-corrected chi connectivity index (χ2v) is 5.82. The van der Waals surface area contributed by atoms with Gasteiger partial charge in [-0.25, -0.2) is 0 Å². The Morgan fingerprint density at radius 1 is 1.00 bits per heavy atom. The average molecular weight is 329 g/mol. The van der Waals surface area contributed by atoms with Crippen molar-refractivity contribution < 1.29 is 0 Å². The topological polar surface area (TPSA) is 12.0 Å². The highest BCUT2D eigenvalue weighted by molar-refractivity contribution is 6.35.